The summed E-state index contributed by atoms with van der Waals surface area (Å²) in [5, 5.41) is 12.0. The highest BCUT2D eigenvalue weighted by Gasteiger charge is 2.31. The molecular formula is C35H38Cl2N4O4. The maximum Gasteiger partial charge on any atom is 0.325 e. The highest BCUT2D eigenvalue weighted by molar-refractivity contribution is 6.42. The first-order valence-corrected chi connectivity index (χ1v) is 16.3. The number of nitrogens with zero attached hydrogens (tertiary/aromatic N) is 4. The second-order valence-corrected chi connectivity index (χ2v) is 12.7. The molecule has 45 heavy (non-hydrogen) atoms. The van der Waals surface area contributed by atoms with Gasteiger partial charge in [-0.2, -0.15) is 5.26 Å². The number of likely N-dealkylation sites (tertiary alicyclic amines) is 2. The Balaban J connectivity index is 1.38. The average Bonchev–Trinajstić information content (AvgIpc) is 3.07. The van der Waals surface area contributed by atoms with E-state index in [9.17, 15) is 19.6 Å². The Morgan fingerprint density at radius 2 is 1.82 bits per heavy atom. The topological polar surface area (TPSA) is 93.9 Å². The molecule has 2 amide bonds. The lowest BCUT2D eigenvalue weighted by molar-refractivity contribution is -0.141. The minimum absolute atomic E-state index is 0.166. The lowest BCUT2D eigenvalue weighted by Gasteiger charge is -2.40. The van der Waals surface area contributed by atoms with Crippen molar-refractivity contribution in [1.29, 1.82) is 5.26 Å². The molecule has 5 rings (SSSR count). The summed E-state index contributed by atoms with van der Waals surface area (Å²) in [5.41, 5.74) is 1.64. The third-order valence-electron chi connectivity index (χ3n) is 9.06. The fourth-order valence-corrected chi connectivity index (χ4v) is 6.87. The molecule has 0 unspecified atom stereocenters. The molecular weight excluding hydrogens is 611 g/mol. The van der Waals surface area contributed by atoms with Gasteiger partial charge >= 0.3 is 5.97 Å². The van der Waals surface area contributed by atoms with Gasteiger partial charge in [-0.15, -0.1) is 0 Å². The van der Waals surface area contributed by atoms with Crippen LogP contribution >= 0.6 is 23.2 Å². The molecule has 0 aromatic heterocycles. The molecule has 2 aliphatic heterocycles. The number of benzene rings is 3. The zero-order valence-corrected chi connectivity index (χ0v) is 27.0. The van der Waals surface area contributed by atoms with E-state index in [-0.39, 0.29) is 30.8 Å². The third kappa shape index (κ3) is 7.96. The van der Waals surface area contributed by atoms with Crippen LogP contribution in [0.3, 0.4) is 0 Å². The van der Waals surface area contributed by atoms with Crippen LogP contribution in [0.25, 0.3) is 10.8 Å². The molecule has 2 saturated heterocycles. The molecule has 0 bridgehead atoms. The van der Waals surface area contributed by atoms with Crippen LogP contribution in [-0.2, 0) is 14.3 Å². The second kappa shape index (κ2) is 15.1. The van der Waals surface area contributed by atoms with Gasteiger partial charge in [0.05, 0.1) is 28.8 Å². The van der Waals surface area contributed by atoms with E-state index in [4.69, 9.17) is 27.9 Å². The number of amides is 2. The third-order valence-corrected chi connectivity index (χ3v) is 9.80. The summed E-state index contributed by atoms with van der Waals surface area (Å²) in [5.74, 6) is -0.778. The van der Waals surface area contributed by atoms with Gasteiger partial charge in [0, 0.05) is 50.1 Å². The molecule has 3 aromatic carbocycles. The standard InChI is InChI=1S/C35H38Cl2N4O4/c1-45-34(43)23-40(35(44)30-19-24(21-38)18-26-6-2-3-7-29(26)30)22-27(25-9-10-31(36)32(37)20-25)11-15-39-16-12-28(13-17-39)41-14-5-4-8-33(41)42/h2-3,6-7,9-10,18-20,27-28H,4-5,8,11-17,22-23H2,1H3/t27-/m1/s1. The van der Waals surface area contributed by atoms with E-state index >= 15 is 0 Å². The number of halogens is 2. The summed E-state index contributed by atoms with van der Waals surface area (Å²) in [6.45, 7) is 3.40. The molecule has 0 N–H and O–H groups in total. The lowest BCUT2D eigenvalue weighted by Crippen LogP contribution is -2.49. The quantitative estimate of drug-likeness (QED) is 0.240. The first-order valence-electron chi connectivity index (χ1n) is 15.5. The molecule has 2 aliphatic rings. The predicted octanol–water partition coefficient (Wildman–Crippen LogP) is 6.28. The Labute approximate surface area is 274 Å². The van der Waals surface area contributed by atoms with Crippen molar-refractivity contribution in [2.45, 2.75) is 50.5 Å². The smallest absolute Gasteiger partial charge is 0.325 e. The van der Waals surface area contributed by atoms with E-state index in [1.165, 1.54) is 12.0 Å². The van der Waals surface area contributed by atoms with Gasteiger partial charge in [0.2, 0.25) is 5.91 Å². The maximum atomic E-state index is 14.2. The van der Waals surface area contributed by atoms with Crippen molar-refractivity contribution in [2.75, 3.05) is 46.4 Å². The number of hydrogen-bond donors (Lipinski definition) is 0. The summed E-state index contributed by atoms with van der Waals surface area (Å²) in [6.07, 6.45) is 5.31. The van der Waals surface area contributed by atoms with Crippen LogP contribution in [0.15, 0.2) is 54.6 Å². The largest absolute Gasteiger partial charge is 0.468 e. The minimum atomic E-state index is -0.536. The number of esters is 1. The SMILES string of the molecule is COC(=O)CN(C[C@@H](CCN1CCC(N2CCCCC2=O)CC1)c1ccc(Cl)c(Cl)c1)C(=O)c1cc(C#N)cc2ccccc12. The van der Waals surface area contributed by atoms with Gasteiger partial charge in [-0.05, 0) is 79.3 Å². The van der Waals surface area contributed by atoms with Gasteiger partial charge in [-0.25, -0.2) is 0 Å². The van der Waals surface area contributed by atoms with Crippen molar-refractivity contribution in [3.8, 4) is 6.07 Å². The van der Waals surface area contributed by atoms with Crippen LogP contribution in [0.1, 0.15) is 65.9 Å². The fraction of sp³-hybridized carbons (Fsp3) is 0.429. The van der Waals surface area contributed by atoms with E-state index < -0.39 is 5.97 Å². The summed E-state index contributed by atoms with van der Waals surface area (Å²) < 4.78 is 4.98. The molecule has 2 heterocycles. The van der Waals surface area contributed by atoms with Gasteiger partial charge in [0.25, 0.3) is 5.91 Å². The van der Waals surface area contributed by atoms with Crippen molar-refractivity contribution in [3.63, 3.8) is 0 Å². The lowest BCUT2D eigenvalue weighted by atomic mass is 9.93. The van der Waals surface area contributed by atoms with E-state index in [1.807, 2.05) is 36.4 Å². The van der Waals surface area contributed by atoms with E-state index in [2.05, 4.69) is 15.9 Å². The first kappa shape index (κ1) is 32.7. The Kier molecular flexibility index (Phi) is 11.0. The van der Waals surface area contributed by atoms with Gasteiger partial charge in [0.1, 0.15) is 6.54 Å². The number of rotatable bonds is 10. The van der Waals surface area contributed by atoms with E-state index in [1.54, 1.807) is 18.2 Å². The molecule has 2 fully saturated rings. The number of hydrogen-bond acceptors (Lipinski definition) is 6. The molecule has 3 aromatic rings. The summed E-state index contributed by atoms with van der Waals surface area (Å²) in [4.78, 5) is 45.3. The number of piperidine rings is 2. The Bertz CT molecular complexity index is 1600. The fourth-order valence-electron chi connectivity index (χ4n) is 6.56. The van der Waals surface area contributed by atoms with Gasteiger partial charge in [-0.1, -0.05) is 53.5 Å². The van der Waals surface area contributed by atoms with Crippen LogP contribution in [0, 0.1) is 11.3 Å². The number of ether oxygens (including phenoxy) is 1. The molecule has 10 heteroatoms. The Hall–Kier alpha value is -3.64. The van der Waals surface area contributed by atoms with Crippen LogP contribution < -0.4 is 0 Å². The Morgan fingerprint density at radius 1 is 1.04 bits per heavy atom. The normalized spacial score (nSPS) is 16.8. The molecule has 236 valence electrons. The number of nitriles is 1. The molecule has 1 atom stereocenters. The first-order chi connectivity index (χ1) is 21.8. The van der Waals surface area contributed by atoms with Crippen molar-refractivity contribution in [1.82, 2.24) is 14.7 Å². The highest BCUT2D eigenvalue weighted by atomic mass is 35.5. The van der Waals surface area contributed by atoms with E-state index in [0.29, 0.717) is 45.4 Å². The predicted molar refractivity (Wildman–Crippen MR) is 175 cm³/mol. The van der Waals surface area contributed by atoms with Crippen molar-refractivity contribution < 1.29 is 19.1 Å². The highest BCUT2D eigenvalue weighted by Crippen LogP contribution is 2.31. The zero-order chi connectivity index (χ0) is 31.9. The average molecular weight is 650 g/mol. The van der Waals surface area contributed by atoms with Crippen molar-refractivity contribution >= 4 is 51.8 Å². The molecule has 0 saturated carbocycles. The summed E-state index contributed by atoms with van der Waals surface area (Å²) in [6, 6.07) is 18.7. The number of carbonyl (C=O) groups excluding carboxylic acids is 3. The number of carbonyl (C=O) groups is 3. The molecule has 0 spiro atoms. The van der Waals surface area contributed by atoms with Crippen LogP contribution in [0.2, 0.25) is 10.0 Å². The van der Waals surface area contributed by atoms with Crippen molar-refractivity contribution in [2.24, 2.45) is 0 Å². The molecule has 0 radical (unpaired) electrons. The number of methoxy groups -OCH3 is 1. The second-order valence-electron chi connectivity index (χ2n) is 11.9. The van der Waals surface area contributed by atoms with Gasteiger partial charge < -0.3 is 19.4 Å². The van der Waals surface area contributed by atoms with Gasteiger partial charge in [0.15, 0.2) is 0 Å². The molecule has 0 aliphatic carbocycles. The van der Waals surface area contributed by atoms with Gasteiger partial charge in [-0.3, -0.25) is 14.4 Å². The maximum absolute atomic E-state index is 14.2. The Morgan fingerprint density at radius 3 is 2.53 bits per heavy atom. The van der Waals surface area contributed by atoms with Crippen molar-refractivity contribution in [3.05, 3.63) is 81.3 Å². The zero-order valence-electron chi connectivity index (χ0n) is 25.5. The minimum Gasteiger partial charge on any atom is -0.468 e. The van der Waals surface area contributed by atoms with Crippen LogP contribution in [0.5, 0.6) is 0 Å². The van der Waals surface area contributed by atoms with Crippen LogP contribution in [-0.4, -0.2) is 84.9 Å². The summed E-state index contributed by atoms with van der Waals surface area (Å²) >= 11 is 12.7. The number of fused-ring (bicyclic) bond motifs is 1. The summed E-state index contributed by atoms with van der Waals surface area (Å²) in [7, 11) is 1.30. The molecule has 8 nitrogen and oxygen atoms in total. The monoisotopic (exact) mass is 648 g/mol. The van der Waals surface area contributed by atoms with Crippen LogP contribution in [0.4, 0.5) is 0 Å². The van der Waals surface area contributed by atoms with E-state index in [0.717, 1.165) is 62.8 Å².